The smallest absolute Gasteiger partial charge is 0.234 e. The van der Waals surface area contributed by atoms with Crippen LogP contribution in [0, 0.1) is 0 Å². The molecule has 0 heterocycles. The van der Waals surface area contributed by atoms with E-state index in [0.717, 1.165) is 12.3 Å². The average Bonchev–Trinajstić information content (AvgIpc) is 2.36. The molecule has 0 unspecified atom stereocenters. The van der Waals surface area contributed by atoms with Gasteiger partial charge in [-0.2, -0.15) is 11.8 Å². The lowest BCUT2D eigenvalue weighted by Gasteiger charge is -2.11. The van der Waals surface area contributed by atoms with Gasteiger partial charge in [-0.05, 0) is 26.2 Å². The number of thioether (sulfide) groups is 1. The topological polar surface area (TPSA) is 67.6 Å². The average molecular weight is 283 g/mol. The van der Waals surface area contributed by atoms with Gasteiger partial charge in [-0.1, -0.05) is 0 Å². The Labute approximate surface area is 118 Å². The van der Waals surface area contributed by atoms with E-state index in [1.54, 1.807) is 37.1 Å². The number of amides is 1. The fourth-order valence-electron chi connectivity index (χ4n) is 1.41. The van der Waals surface area contributed by atoms with E-state index in [0.29, 0.717) is 22.9 Å². The van der Waals surface area contributed by atoms with Gasteiger partial charge in [-0.25, -0.2) is 0 Å². The Hall–Kier alpha value is -1.40. The Morgan fingerprint density at radius 2 is 2.21 bits per heavy atom. The van der Waals surface area contributed by atoms with Crippen LogP contribution in [0.25, 0.3) is 0 Å². The minimum Gasteiger partial charge on any atom is -0.494 e. The van der Waals surface area contributed by atoms with Crippen molar-refractivity contribution in [3.63, 3.8) is 0 Å². The van der Waals surface area contributed by atoms with Crippen LogP contribution < -0.4 is 15.8 Å². The van der Waals surface area contributed by atoms with Crippen LogP contribution in [-0.4, -0.2) is 50.1 Å². The highest BCUT2D eigenvalue weighted by molar-refractivity contribution is 7.99. The number of carbonyl (C=O) groups is 1. The fourth-order valence-corrected chi connectivity index (χ4v) is 2.31. The van der Waals surface area contributed by atoms with Crippen LogP contribution in [0.2, 0.25) is 0 Å². The van der Waals surface area contributed by atoms with E-state index in [1.165, 1.54) is 0 Å². The largest absolute Gasteiger partial charge is 0.494 e. The Kier molecular flexibility index (Phi) is 6.52. The Balaban J connectivity index is 2.44. The molecule has 1 aromatic carbocycles. The second-order valence-corrected chi connectivity index (χ2v) is 5.47. The molecule has 0 atom stereocenters. The Morgan fingerprint density at radius 3 is 2.84 bits per heavy atom. The highest BCUT2D eigenvalue weighted by Crippen LogP contribution is 2.26. The van der Waals surface area contributed by atoms with Gasteiger partial charge in [0.05, 0.1) is 18.6 Å². The molecule has 1 amide bonds. The summed E-state index contributed by atoms with van der Waals surface area (Å²) in [5.74, 6) is 1.90. The van der Waals surface area contributed by atoms with E-state index in [-0.39, 0.29) is 5.91 Å². The first-order valence-electron chi connectivity index (χ1n) is 5.98. The summed E-state index contributed by atoms with van der Waals surface area (Å²) in [6.07, 6.45) is 0. The summed E-state index contributed by atoms with van der Waals surface area (Å²) in [6.45, 7) is 0.961. The molecule has 0 aliphatic carbocycles. The molecule has 3 N–H and O–H groups in total. The molecule has 0 saturated heterocycles. The first kappa shape index (κ1) is 15.7. The van der Waals surface area contributed by atoms with Crippen molar-refractivity contribution in [2.24, 2.45) is 0 Å². The maximum Gasteiger partial charge on any atom is 0.234 e. The molecule has 1 aromatic rings. The minimum atomic E-state index is -0.0353. The van der Waals surface area contributed by atoms with Gasteiger partial charge in [0.2, 0.25) is 5.91 Å². The number of benzene rings is 1. The van der Waals surface area contributed by atoms with Crippen molar-refractivity contribution in [1.82, 2.24) is 4.90 Å². The van der Waals surface area contributed by atoms with Gasteiger partial charge < -0.3 is 20.7 Å². The molecule has 0 aliphatic rings. The molecule has 0 aromatic heterocycles. The van der Waals surface area contributed by atoms with E-state index >= 15 is 0 Å². The summed E-state index contributed by atoms with van der Waals surface area (Å²) in [6, 6.07) is 5.17. The maximum atomic E-state index is 11.8. The van der Waals surface area contributed by atoms with Crippen molar-refractivity contribution < 1.29 is 9.53 Å². The summed E-state index contributed by atoms with van der Waals surface area (Å²) < 4.78 is 5.18. The van der Waals surface area contributed by atoms with Gasteiger partial charge in [-0.3, -0.25) is 4.79 Å². The van der Waals surface area contributed by atoms with Crippen LogP contribution in [0.15, 0.2) is 18.2 Å². The molecule has 1 rings (SSSR count). The number of nitrogens with two attached hydrogens (primary N) is 1. The summed E-state index contributed by atoms with van der Waals surface area (Å²) in [4.78, 5) is 13.9. The van der Waals surface area contributed by atoms with E-state index in [1.807, 2.05) is 14.1 Å². The van der Waals surface area contributed by atoms with Gasteiger partial charge >= 0.3 is 0 Å². The zero-order valence-electron chi connectivity index (χ0n) is 11.6. The monoisotopic (exact) mass is 283 g/mol. The number of hydrogen-bond donors (Lipinski definition) is 2. The predicted octanol–water partition coefficient (Wildman–Crippen LogP) is 1.51. The highest BCUT2D eigenvalue weighted by Gasteiger charge is 2.08. The van der Waals surface area contributed by atoms with Crippen molar-refractivity contribution in [2.45, 2.75) is 0 Å². The number of hydrogen-bond acceptors (Lipinski definition) is 5. The minimum absolute atomic E-state index is 0.0353. The van der Waals surface area contributed by atoms with Crippen LogP contribution in [-0.2, 0) is 4.79 Å². The third kappa shape index (κ3) is 5.85. The molecular weight excluding hydrogens is 262 g/mol. The molecule has 0 spiro atoms. The number of carbonyl (C=O) groups excluding carboxylic acids is 1. The summed E-state index contributed by atoms with van der Waals surface area (Å²) in [5.41, 5.74) is 6.91. The van der Waals surface area contributed by atoms with Crippen LogP contribution in [0.4, 0.5) is 11.4 Å². The van der Waals surface area contributed by atoms with Crippen LogP contribution in [0.5, 0.6) is 5.75 Å². The van der Waals surface area contributed by atoms with Crippen LogP contribution in [0.3, 0.4) is 0 Å². The Bertz CT molecular complexity index is 424. The first-order chi connectivity index (χ1) is 9.02. The number of anilines is 2. The maximum absolute atomic E-state index is 11.8. The molecule has 6 heteroatoms. The summed E-state index contributed by atoms with van der Waals surface area (Å²) >= 11 is 1.61. The first-order valence-corrected chi connectivity index (χ1v) is 7.14. The number of rotatable bonds is 7. The molecule has 0 bridgehead atoms. The van der Waals surface area contributed by atoms with E-state index < -0.39 is 0 Å². The third-order valence-electron chi connectivity index (χ3n) is 2.42. The third-order valence-corrected chi connectivity index (χ3v) is 3.35. The summed E-state index contributed by atoms with van der Waals surface area (Å²) in [7, 11) is 5.58. The number of ether oxygens (including phenoxy) is 1. The van der Waals surface area contributed by atoms with Crippen molar-refractivity contribution in [1.29, 1.82) is 0 Å². The number of nitrogen functional groups attached to an aromatic ring is 1. The second kappa shape index (κ2) is 7.91. The molecular formula is C13H21N3O2S. The molecule has 19 heavy (non-hydrogen) atoms. The standard InChI is InChI=1S/C13H21N3O2S/c1-16(2)6-7-19-9-13(17)15-11-5-4-10(14)8-12(11)18-3/h4-5,8H,6-7,9,14H2,1-3H3,(H,15,17). The lowest BCUT2D eigenvalue weighted by molar-refractivity contribution is -0.113. The quantitative estimate of drug-likeness (QED) is 0.586. The van der Waals surface area contributed by atoms with Gasteiger partial charge in [0.25, 0.3) is 0 Å². The molecule has 106 valence electrons. The zero-order chi connectivity index (χ0) is 14.3. The van der Waals surface area contributed by atoms with E-state index in [4.69, 9.17) is 10.5 Å². The van der Waals surface area contributed by atoms with Crippen LogP contribution in [0.1, 0.15) is 0 Å². The number of nitrogens with one attached hydrogen (secondary N) is 1. The molecule has 0 aliphatic heterocycles. The lowest BCUT2D eigenvalue weighted by atomic mass is 10.2. The number of methoxy groups -OCH3 is 1. The van der Waals surface area contributed by atoms with E-state index in [2.05, 4.69) is 10.2 Å². The normalized spacial score (nSPS) is 10.5. The SMILES string of the molecule is COc1cc(N)ccc1NC(=O)CSCCN(C)C. The highest BCUT2D eigenvalue weighted by atomic mass is 32.2. The van der Waals surface area contributed by atoms with Crippen molar-refractivity contribution in [3.05, 3.63) is 18.2 Å². The van der Waals surface area contributed by atoms with Crippen molar-refractivity contribution >= 4 is 29.0 Å². The molecule has 0 radical (unpaired) electrons. The lowest BCUT2D eigenvalue weighted by Crippen LogP contribution is -2.18. The second-order valence-electron chi connectivity index (χ2n) is 4.36. The molecule has 0 saturated carbocycles. The van der Waals surface area contributed by atoms with Crippen LogP contribution >= 0.6 is 11.8 Å². The Morgan fingerprint density at radius 1 is 1.47 bits per heavy atom. The predicted molar refractivity (Wildman–Crippen MR) is 81.9 cm³/mol. The number of nitrogens with zero attached hydrogens (tertiary/aromatic N) is 1. The van der Waals surface area contributed by atoms with Crippen molar-refractivity contribution in [3.8, 4) is 5.75 Å². The fraction of sp³-hybridized carbons (Fsp3) is 0.462. The van der Waals surface area contributed by atoms with Gasteiger partial charge in [0, 0.05) is 24.1 Å². The summed E-state index contributed by atoms with van der Waals surface area (Å²) in [5, 5.41) is 2.82. The zero-order valence-corrected chi connectivity index (χ0v) is 12.4. The van der Waals surface area contributed by atoms with Crippen molar-refractivity contribution in [2.75, 3.05) is 50.3 Å². The van der Waals surface area contributed by atoms with E-state index in [9.17, 15) is 4.79 Å². The van der Waals surface area contributed by atoms with Gasteiger partial charge in [-0.15, -0.1) is 0 Å². The molecule has 0 fully saturated rings. The van der Waals surface area contributed by atoms with Gasteiger partial charge in [0.1, 0.15) is 5.75 Å². The molecule has 5 nitrogen and oxygen atoms in total. The van der Waals surface area contributed by atoms with Gasteiger partial charge in [0.15, 0.2) is 0 Å².